The van der Waals surface area contributed by atoms with Crippen LogP contribution in [0.5, 0.6) is 5.75 Å². The van der Waals surface area contributed by atoms with Crippen LogP contribution in [0.3, 0.4) is 0 Å². The van der Waals surface area contributed by atoms with Crippen LogP contribution in [0.4, 0.5) is 25.0 Å². The van der Waals surface area contributed by atoms with Crippen LogP contribution in [-0.2, 0) is 36.7 Å². The van der Waals surface area contributed by atoms with Gasteiger partial charge < -0.3 is 30.5 Å². The van der Waals surface area contributed by atoms with Crippen LogP contribution in [0.1, 0.15) is 91.2 Å². The SMILES string of the molecule is CCn1nc(C2CCC(=O)NC2=O)c2ccc(C3CCN(C(=O)Nc4cccc(CS(=O)(=O)N5CC[C@H](Nc6cccc(-c7sc(C(=O)O)c(OCC(=O)O)c7Cl)c6)CC5(C)C)c4)CC3(F)F)cc21. The van der Waals surface area contributed by atoms with Crippen molar-refractivity contribution in [1.29, 1.82) is 0 Å². The monoisotopic (exact) mass is 1010 g/mol. The number of sulfonamides is 1. The molecular formula is C47H50ClF2N7O10S2. The Hall–Kier alpha value is -6.16. The Balaban J connectivity index is 0.881. The third kappa shape index (κ3) is 10.4. The fourth-order valence-electron chi connectivity index (χ4n) is 9.63. The number of hydrogen-bond acceptors (Lipinski definition) is 11. The number of carboxylic acid groups (broad SMARTS) is 2. The molecule has 3 aliphatic heterocycles. The van der Waals surface area contributed by atoms with Crippen molar-refractivity contribution in [2.24, 2.45) is 0 Å². The number of alkyl halides is 2. The molecule has 3 aromatic carbocycles. The molecule has 3 fully saturated rings. The summed E-state index contributed by atoms with van der Waals surface area (Å²) in [5.74, 6) is -9.14. The third-order valence-electron chi connectivity index (χ3n) is 12.8. The number of aliphatic carboxylic acids is 1. The fraction of sp³-hybridized carbons (Fsp3) is 0.404. The van der Waals surface area contributed by atoms with Crippen LogP contribution in [0.25, 0.3) is 21.3 Å². The number of hydrogen-bond donors (Lipinski definition) is 5. The number of aryl methyl sites for hydroxylation is 1. The Kier molecular flexibility index (Phi) is 13.8. The number of nitrogens with zero attached hydrogens (tertiary/aromatic N) is 4. The minimum absolute atomic E-state index is 0.0254. The molecule has 3 atom stereocenters. The summed E-state index contributed by atoms with van der Waals surface area (Å²) in [6, 6.07) is 17.4. The number of thiophene rings is 1. The van der Waals surface area contributed by atoms with E-state index in [2.05, 4.69) is 21.0 Å². The molecule has 5 heterocycles. The molecule has 0 saturated carbocycles. The first kappa shape index (κ1) is 49.3. The Morgan fingerprint density at radius 1 is 1.00 bits per heavy atom. The van der Waals surface area contributed by atoms with Crippen molar-refractivity contribution in [2.45, 2.75) is 94.5 Å². The second-order valence-electron chi connectivity index (χ2n) is 18.1. The molecule has 3 saturated heterocycles. The van der Waals surface area contributed by atoms with E-state index in [-0.39, 0.29) is 65.0 Å². The maximum atomic E-state index is 16.0. The summed E-state index contributed by atoms with van der Waals surface area (Å²) in [6.07, 6.45) is 1.32. The van der Waals surface area contributed by atoms with E-state index in [1.807, 2.05) is 26.8 Å². The lowest BCUT2D eigenvalue weighted by Crippen LogP contribution is -2.55. The topological polar surface area (TPSA) is 230 Å². The number of amides is 4. The number of carboxylic acids is 2. The van der Waals surface area contributed by atoms with Crippen LogP contribution in [0, 0.1) is 0 Å². The zero-order valence-electron chi connectivity index (χ0n) is 37.8. The first-order chi connectivity index (χ1) is 32.6. The van der Waals surface area contributed by atoms with E-state index < -0.39 is 70.3 Å². The lowest BCUT2D eigenvalue weighted by molar-refractivity contribution is -0.139. The number of ether oxygens (including phenoxy) is 1. The van der Waals surface area contributed by atoms with Gasteiger partial charge in [-0.3, -0.25) is 19.6 Å². The highest BCUT2D eigenvalue weighted by Gasteiger charge is 2.47. The van der Waals surface area contributed by atoms with Crippen LogP contribution < -0.4 is 20.7 Å². The summed E-state index contributed by atoms with van der Waals surface area (Å²) in [5, 5.41) is 32.5. The lowest BCUT2D eigenvalue weighted by Gasteiger charge is -2.45. The fourth-order valence-corrected chi connectivity index (χ4v) is 13.0. The number of halogens is 3. The van der Waals surface area contributed by atoms with Crippen molar-refractivity contribution in [3.8, 4) is 16.2 Å². The normalized spacial score (nSPS) is 20.6. The summed E-state index contributed by atoms with van der Waals surface area (Å²) < 4.78 is 68.4. The number of likely N-dealkylation sites (tertiary alicyclic amines) is 1. The number of anilines is 2. The quantitative estimate of drug-likeness (QED) is 0.0668. The van der Waals surface area contributed by atoms with E-state index >= 15 is 8.78 Å². The van der Waals surface area contributed by atoms with Gasteiger partial charge in [0.1, 0.15) is 5.02 Å². The van der Waals surface area contributed by atoms with Gasteiger partial charge in [0.25, 0.3) is 5.92 Å². The molecule has 2 unspecified atom stereocenters. The maximum Gasteiger partial charge on any atom is 0.349 e. The Labute approximate surface area is 404 Å². The summed E-state index contributed by atoms with van der Waals surface area (Å²) in [7, 11) is -3.91. The van der Waals surface area contributed by atoms with E-state index in [0.717, 1.165) is 16.2 Å². The third-order valence-corrected chi connectivity index (χ3v) is 16.5. The lowest BCUT2D eigenvalue weighted by atomic mass is 9.85. The number of nitrogens with one attached hydrogen (secondary N) is 3. The van der Waals surface area contributed by atoms with Gasteiger partial charge in [-0.15, -0.1) is 11.3 Å². The summed E-state index contributed by atoms with van der Waals surface area (Å²) in [5.41, 5.74) is 2.52. The summed E-state index contributed by atoms with van der Waals surface area (Å²) >= 11 is 7.37. The van der Waals surface area contributed by atoms with Gasteiger partial charge in [-0.2, -0.15) is 9.40 Å². The number of piperidine rings is 3. The molecule has 5 aromatic rings. The number of aromatic carboxylic acids is 1. The van der Waals surface area contributed by atoms with E-state index in [1.54, 1.807) is 59.3 Å². The summed E-state index contributed by atoms with van der Waals surface area (Å²) in [6.45, 7) is 4.55. The highest BCUT2D eigenvalue weighted by Crippen LogP contribution is 2.47. The number of benzene rings is 3. The molecule has 2 aromatic heterocycles. The molecule has 69 heavy (non-hydrogen) atoms. The standard InChI is InChI=1S/C47H50ClF2N7O10S2/c1-4-56-35-21-27(11-12-32(35)39(54-56)33-13-14-36(58)53-43(33)61)34-16-17-55(25-47(34,49)50)45(64)52-29-9-5-7-26(19-29)24-69(65,66)57-18-15-31(22-46(57,2)3)51-30-10-6-8-28(20-30)41-38(48)40(67-23-37(59)60)42(68-41)44(62)63/h5-12,19-21,31,33-34,51H,4,13-18,22-25H2,1-3H3,(H,52,64)(H,59,60)(H,62,63)(H,53,58,61)/t31-,33?,34?/m0/s1. The number of rotatable bonds is 14. The van der Waals surface area contributed by atoms with Crippen LogP contribution in [0.2, 0.25) is 5.02 Å². The van der Waals surface area contributed by atoms with E-state index in [1.165, 1.54) is 10.4 Å². The van der Waals surface area contributed by atoms with Gasteiger partial charge in [-0.1, -0.05) is 48.0 Å². The van der Waals surface area contributed by atoms with Crippen LogP contribution in [-0.4, -0.2) is 111 Å². The zero-order valence-corrected chi connectivity index (χ0v) is 40.1. The number of imide groups is 1. The molecule has 3 aliphatic rings. The second kappa shape index (κ2) is 19.3. The van der Waals surface area contributed by atoms with Gasteiger partial charge in [-0.25, -0.2) is 31.6 Å². The van der Waals surface area contributed by atoms with Crippen molar-refractivity contribution in [3.05, 3.63) is 93.5 Å². The van der Waals surface area contributed by atoms with Crippen molar-refractivity contribution >= 4 is 85.0 Å². The number of carbonyl (C=O) groups excluding carboxylic acids is 3. The molecular weight excluding hydrogens is 960 g/mol. The highest BCUT2D eigenvalue weighted by molar-refractivity contribution is 7.88. The molecule has 0 radical (unpaired) electrons. The van der Waals surface area contributed by atoms with Crippen molar-refractivity contribution in [1.82, 2.24) is 24.3 Å². The molecule has 0 bridgehead atoms. The molecule has 17 nitrogen and oxygen atoms in total. The number of carbonyl (C=O) groups is 5. The van der Waals surface area contributed by atoms with Crippen molar-refractivity contribution < 1.29 is 56.1 Å². The Morgan fingerprint density at radius 3 is 2.45 bits per heavy atom. The van der Waals surface area contributed by atoms with Gasteiger partial charge in [0.15, 0.2) is 17.2 Å². The van der Waals surface area contributed by atoms with E-state index in [0.29, 0.717) is 69.7 Å². The highest BCUT2D eigenvalue weighted by atomic mass is 35.5. The largest absolute Gasteiger partial charge is 0.479 e. The first-order valence-electron chi connectivity index (χ1n) is 22.3. The minimum atomic E-state index is -3.91. The van der Waals surface area contributed by atoms with Gasteiger partial charge in [0.05, 0.1) is 40.2 Å². The predicted octanol–water partition coefficient (Wildman–Crippen LogP) is 7.96. The van der Waals surface area contributed by atoms with Gasteiger partial charge in [0.2, 0.25) is 21.8 Å². The van der Waals surface area contributed by atoms with E-state index in [9.17, 15) is 37.5 Å². The van der Waals surface area contributed by atoms with Gasteiger partial charge in [0, 0.05) is 54.4 Å². The molecule has 8 rings (SSSR count). The van der Waals surface area contributed by atoms with E-state index in [4.69, 9.17) is 21.4 Å². The van der Waals surface area contributed by atoms with Gasteiger partial charge >= 0.3 is 18.0 Å². The number of aromatic nitrogens is 2. The van der Waals surface area contributed by atoms with Crippen molar-refractivity contribution in [3.63, 3.8) is 0 Å². The molecule has 4 amide bonds. The average Bonchev–Trinajstić information content (AvgIpc) is 3.81. The summed E-state index contributed by atoms with van der Waals surface area (Å²) in [4.78, 5) is 62.1. The molecule has 366 valence electrons. The first-order valence-corrected chi connectivity index (χ1v) is 25.1. The van der Waals surface area contributed by atoms with Crippen LogP contribution in [0.15, 0.2) is 66.7 Å². The average molecular weight is 1010 g/mol. The zero-order chi connectivity index (χ0) is 49.6. The molecule has 0 aliphatic carbocycles. The molecule has 22 heteroatoms. The smallest absolute Gasteiger partial charge is 0.349 e. The predicted molar refractivity (Wildman–Crippen MR) is 255 cm³/mol. The maximum absolute atomic E-state index is 16.0. The van der Waals surface area contributed by atoms with Crippen molar-refractivity contribution in [2.75, 3.05) is 36.9 Å². The molecule has 0 spiro atoms. The molecule has 5 N–H and O–H groups in total. The van der Waals surface area contributed by atoms with Crippen LogP contribution >= 0.6 is 22.9 Å². The Bertz CT molecular complexity index is 2980. The second-order valence-corrected chi connectivity index (χ2v) is 21.4. The van der Waals surface area contributed by atoms with Gasteiger partial charge in [-0.05, 0) is 93.5 Å². The Morgan fingerprint density at radius 2 is 1.75 bits per heavy atom. The number of urea groups is 1. The number of fused-ring (bicyclic) bond motifs is 1. The minimum Gasteiger partial charge on any atom is -0.479 e.